The molecule has 0 saturated carbocycles. The third-order valence-corrected chi connectivity index (χ3v) is 2.79. The lowest BCUT2D eigenvalue weighted by Gasteiger charge is -2.13. The minimum Gasteiger partial charge on any atom is -0.325 e. The number of hydrogen-bond donors (Lipinski definition) is 1. The molecule has 0 fully saturated rings. The molecule has 0 spiro atoms. The van der Waals surface area contributed by atoms with E-state index in [1.165, 1.54) is 0 Å². The Morgan fingerprint density at radius 2 is 2.23 bits per heavy atom. The second kappa shape index (κ2) is 2.54. The van der Waals surface area contributed by atoms with E-state index in [0.717, 1.165) is 15.9 Å². The Balaban J connectivity index is 2.62. The van der Waals surface area contributed by atoms with Gasteiger partial charge >= 0.3 is 0 Å². The number of hydrogen-bond acceptors (Lipinski definition) is 2. The van der Waals surface area contributed by atoms with Gasteiger partial charge in [0, 0.05) is 17.4 Å². The van der Waals surface area contributed by atoms with Crippen LogP contribution in [0.25, 0.3) is 0 Å². The Labute approximate surface area is 84.7 Å². The fraction of sp³-hybridized carbons (Fsp3) is 0.333. The average Bonchev–Trinajstić information content (AvgIpc) is 2.23. The molecule has 0 aromatic carbocycles. The van der Waals surface area contributed by atoms with Gasteiger partial charge in [-0.05, 0) is 35.8 Å². The molecule has 4 heteroatoms. The Morgan fingerprint density at radius 1 is 1.54 bits per heavy atom. The number of nitrogens with one attached hydrogen (secondary N) is 1. The largest absolute Gasteiger partial charge is 0.325 e. The zero-order valence-electron chi connectivity index (χ0n) is 7.39. The predicted octanol–water partition coefficient (Wildman–Crippen LogP) is 2.07. The first-order chi connectivity index (χ1) is 6.01. The Morgan fingerprint density at radius 3 is 2.92 bits per heavy atom. The first-order valence-electron chi connectivity index (χ1n) is 3.99. The van der Waals surface area contributed by atoms with Gasteiger partial charge in [-0.1, -0.05) is 0 Å². The fourth-order valence-corrected chi connectivity index (χ4v) is 1.76. The van der Waals surface area contributed by atoms with Crippen LogP contribution in [-0.2, 0) is 10.2 Å². The molecule has 68 valence electrons. The number of nitrogens with zero attached hydrogens (tertiary/aromatic N) is 1. The Hall–Kier alpha value is -0.900. The highest BCUT2D eigenvalue weighted by atomic mass is 79.9. The molecule has 13 heavy (non-hydrogen) atoms. The first-order valence-corrected chi connectivity index (χ1v) is 4.78. The number of fused-ring (bicyclic) bond motifs is 1. The summed E-state index contributed by atoms with van der Waals surface area (Å²) < 4.78 is 0.740. The van der Waals surface area contributed by atoms with Crippen molar-refractivity contribution in [1.82, 2.24) is 4.98 Å². The predicted molar refractivity (Wildman–Crippen MR) is 53.6 cm³/mol. The molecular formula is C9H9BrN2O. The summed E-state index contributed by atoms with van der Waals surface area (Å²) in [5.74, 6) is 0.0300. The van der Waals surface area contributed by atoms with Crippen LogP contribution >= 0.6 is 15.9 Å². The molecule has 1 N–H and O–H groups in total. The van der Waals surface area contributed by atoms with Crippen LogP contribution in [0.4, 0.5) is 5.69 Å². The summed E-state index contributed by atoms with van der Waals surface area (Å²) >= 11 is 3.26. The third kappa shape index (κ3) is 1.16. The van der Waals surface area contributed by atoms with Crippen LogP contribution in [0.1, 0.15) is 19.4 Å². The zero-order valence-corrected chi connectivity index (χ0v) is 8.97. The molecule has 0 radical (unpaired) electrons. The van der Waals surface area contributed by atoms with E-state index in [9.17, 15) is 4.79 Å². The summed E-state index contributed by atoms with van der Waals surface area (Å²) in [6.45, 7) is 3.79. The number of rotatable bonds is 0. The van der Waals surface area contributed by atoms with Crippen molar-refractivity contribution in [3.63, 3.8) is 0 Å². The zero-order chi connectivity index (χ0) is 9.64. The maximum absolute atomic E-state index is 11.5. The normalized spacial score (nSPS) is 18.2. The van der Waals surface area contributed by atoms with Gasteiger partial charge < -0.3 is 5.32 Å². The van der Waals surface area contributed by atoms with Crippen LogP contribution in [0.15, 0.2) is 16.9 Å². The van der Waals surface area contributed by atoms with Crippen molar-refractivity contribution in [2.24, 2.45) is 0 Å². The molecule has 0 aliphatic carbocycles. The van der Waals surface area contributed by atoms with Crippen LogP contribution in [0, 0.1) is 0 Å². The number of carbonyl (C=O) groups is 1. The molecule has 2 heterocycles. The highest BCUT2D eigenvalue weighted by molar-refractivity contribution is 9.10. The molecule has 0 bridgehead atoms. The number of pyridine rings is 1. The molecule has 0 unspecified atom stereocenters. The van der Waals surface area contributed by atoms with E-state index in [0.29, 0.717) is 0 Å². The van der Waals surface area contributed by atoms with Gasteiger partial charge in [0.1, 0.15) is 4.60 Å². The van der Waals surface area contributed by atoms with Crippen molar-refractivity contribution in [1.29, 1.82) is 0 Å². The second-order valence-corrected chi connectivity index (χ2v) is 4.44. The summed E-state index contributed by atoms with van der Waals surface area (Å²) in [7, 11) is 0. The summed E-state index contributed by atoms with van der Waals surface area (Å²) in [6, 6.07) is 1.82. The Kier molecular flexibility index (Phi) is 1.70. The molecule has 3 nitrogen and oxygen atoms in total. The highest BCUT2D eigenvalue weighted by Crippen LogP contribution is 2.37. The van der Waals surface area contributed by atoms with E-state index in [-0.39, 0.29) is 5.91 Å². The fourth-order valence-electron chi connectivity index (χ4n) is 1.43. The lowest BCUT2D eigenvalue weighted by atomic mass is 9.87. The highest BCUT2D eigenvalue weighted by Gasteiger charge is 2.38. The summed E-state index contributed by atoms with van der Waals surface area (Å²) in [6.07, 6.45) is 1.73. The number of aromatic nitrogens is 1. The smallest absolute Gasteiger partial charge is 0.234 e. The third-order valence-electron chi connectivity index (χ3n) is 2.36. The van der Waals surface area contributed by atoms with Crippen LogP contribution in [0.3, 0.4) is 0 Å². The molecule has 1 aromatic rings. The van der Waals surface area contributed by atoms with E-state index in [4.69, 9.17) is 0 Å². The SMILES string of the molecule is CC1(C)C(=O)Nc2cc(Br)ncc21. The van der Waals surface area contributed by atoms with Gasteiger partial charge in [-0.3, -0.25) is 4.79 Å². The molecule has 0 atom stereocenters. The molecule has 1 aromatic heterocycles. The first kappa shape index (κ1) is 8.69. The van der Waals surface area contributed by atoms with Crippen LogP contribution < -0.4 is 5.32 Å². The number of halogens is 1. The molecule has 1 amide bonds. The number of anilines is 1. The van der Waals surface area contributed by atoms with Crippen molar-refractivity contribution in [2.45, 2.75) is 19.3 Å². The number of carbonyl (C=O) groups excluding carboxylic acids is 1. The van der Waals surface area contributed by atoms with E-state index < -0.39 is 5.41 Å². The minimum atomic E-state index is -0.455. The topological polar surface area (TPSA) is 42.0 Å². The molecule has 0 saturated heterocycles. The van der Waals surface area contributed by atoms with Crippen molar-refractivity contribution in [2.75, 3.05) is 5.32 Å². The van der Waals surface area contributed by atoms with Gasteiger partial charge in [-0.25, -0.2) is 4.98 Å². The Bertz CT molecular complexity index is 387. The molecular weight excluding hydrogens is 232 g/mol. The summed E-state index contributed by atoms with van der Waals surface area (Å²) in [5.41, 5.74) is 1.36. The second-order valence-electron chi connectivity index (χ2n) is 3.63. The van der Waals surface area contributed by atoms with Crippen LogP contribution in [0.2, 0.25) is 0 Å². The van der Waals surface area contributed by atoms with Crippen molar-refractivity contribution in [3.05, 3.63) is 22.4 Å². The summed E-state index contributed by atoms with van der Waals surface area (Å²) in [4.78, 5) is 15.6. The lowest BCUT2D eigenvalue weighted by molar-refractivity contribution is -0.119. The van der Waals surface area contributed by atoms with E-state index >= 15 is 0 Å². The van der Waals surface area contributed by atoms with Gasteiger partial charge in [0.2, 0.25) is 5.91 Å². The molecule has 1 aliphatic heterocycles. The minimum absolute atomic E-state index is 0.0300. The average molecular weight is 241 g/mol. The van der Waals surface area contributed by atoms with Gasteiger partial charge in [0.05, 0.1) is 5.41 Å². The van der Waals surface area contributed by atoms with Crippen LogP contribution in [0.5, 0.6) is 0 Å². The van der Waals surface area contributed by atoms with E-state index in [1.54, 1.807) is 6.20 Å². The molecule has 1 aliphatic rings. The molecule has 2 rings (SSSR count). The van der Waals surface area contributed by atoms with E-state index in [1.807, 2.05) is 19.9 Å². The van der Waals surface area contributed by atoms with Crippen LogP contribution in [-0.4, -0.2) is 10.9 Å². The van der Waals surface area contributed by atoms with Gasteiger partial charge in [-0.15, -0.1) is 0 Å². The standard InChI is InChI=1S/C9H9BrN2O/c1-9(2)5-4-11-7(10)3-6(5)12-8(9)13/h3-4H,1-2H3,(H,12,13). The van der Waals surface area contributed by atoms with E-state index in [2.05, 4.69) is 26.2 Å². The van der Waals surface area contributed by atoms with Gasteiger partial charge in [-0.2, -0.15) is 0 Å². The maximum atomic E-state index is 11.5. The van der Waals surface area contributed by atoms with Gasteiger partial charge in [0.15, 0.2) is 0 Å². The van der Waals surface area contributed by atoms with Crippen molar-refractivity contribution < 1.29 is 4.79 Å². The monoisotopic (exact) mass is 240 g/mol. The maximum Gasteiger partial charge on any atom is 0.234 e. The van der Waals surface area contributed by atoms with Gasteiger partial charge in [0.25, 0.3) is 0 Å². The van der Waals surface area contributed by atoms with Crippen molar-refractivity contribution >= 4 is 27.5 Å². The quantitative estimate of drug-likeness (QED) is 0.706. The number of amides is 1. The van der Waals surface area contributed by atoms with Crippen molar-refractivity contribution in [3.8, 4) is 0 Å². The summed E-state index contributed by atoms with van der Waals surface area (Å²) in [5, 5.41) is 2.82. The lowest BCUT2D eigenvalue weighted by Crippen LogP contribution is -2.26.